The van der Waals surface area contributed by atoms with Crippen LogP contribution < -0.4 is 4.90 Å². The highest BCUT2D eigenvalue weighted by atomic mass is 32.2. The number of hydrogen-bond donors (Lipinski definition) is 0. The normalized spacial score (nSPS) is 22.8. The Hall–Kier alpha value is -1.99. The van der Waals surface area contributed by atoms with Crippen LogP contribution in [0.2, 0.25) is 0 Å². The molecular weight excluding hydrogens is 422 g/mol. The van der Waals surface area contributed by atoms with Gasteiger partial charge in [-0.25, -0.2) is 4.98 Å². The molecule has 2 aromatic carbocycles. The number of hydrogen-bond acceptors (Lipinski definition) is 4. The average Bonchev–Trinajstić information content (AvgIpc) is 3.44. The zero-order valence-electron chi connectivity index (χ0n) is 16.3. The molecule has 0 radical (unpaired) electrons. The second-order valence-electron chi connectivity index (χ2n) is 8.20. The van der Waals surface area contributed by atoms with E-state index in [4.69, 9.17) is 4.98 Å². The number of amides is 1. The fraction of sp³-hybridized carbons (Fsp3) is 0.391. The molecule has 1 aromatic heterocycles. The summed E-state index contributed by atoms with van der Waals surface area (Å²) in [7, 11) is 0. The van der Waals surface area contributed by atoms with Gasteiger partial charge < -0.3 is 0 Å². The number of carbonyl (C=O) groups is 1. The smallest absolute Gasteiger partial charge is 0.274 e. The Labute approximate surface area is 182 Å². The molecule has 0 saturated heterocycles. The van der Waals surface area contributed by atoms with E-state index < -0.39 is 5.76 Å². The summed E-state index contributed by atoms with van der Waals surface area (Å²) in [5.74, 6) is -0.520. The van der Waals surface area contributed by atoms with E-state index in [0.717, 1.165) is 22.6 Å². The number of fused-ring (bicyclic) bond motifs is 3. The van der Waals surface area contributed by atoms with Crippen molar-refractivity contribution >= 4 is 50.0 Å². The first kappa shape index (κ1) is 19.9. The SMILES string of the molecule is O=C(C[C@@H]1C[C@H]2CC[C@@H]1C2)N(c1ccc(SC(F)F)cc1)c1nc2ccccc2s1. The van der Waals surface area contributed by atoms with E-state index >= 15 is 0 Å². The van der Waals surface area contributed by atoms with E-state index in [-0.39, 0.29) is 5.91 Å². The van der Waals surface area contributed by atoms with E-state index in [1.165, 1.54) is 30.6 Å². The minimum absolute atomic E-state index is 0.0425. The van der Waals surface area contributed by atoms with Gasteiger partial charge in [-0.3, -0.25) is 9.69 Å². The predicted octanol–water partition coefficient (Wildman–Crippen LogP) is 7.10. The number of aromatic nitrogens is 1. The topological polar surface area (TPSA) is 33.2 Å². The Balaban J connectivity index is 1.46. The summed E-state index contributed by atoms with van der Waals surface area (Å²) in [6, 6.07) is 14.6. The van der Waals surface area contributed by atoms with Crippen LogP contribution in [0.3, 0.4) is 0 Å². The van der Waals surface area contributed by atoms with Crippen LogP contribution in [0.4, 0.5) is 19.6 Å². The number of alkyl halides is 2. The maximum Gasteiger partial charge on any atom is 0.288 e. The first-order valence-electron chi connectivity index (χ1n) is 10.3. The molecule has 7 heteroatoms. The summed E-state index contributed by atoms with van der Waals surface area (Å²) in [5, 5.41) is 0.638. The summed E-state index contributed by atoms with van der Waals surface area (Å²) in [6.45, 7) is 0. The molecule has 1 heterocycles. The van der Waals surface area contributed by atoms with Crippen LogP contribution >= 0.6 is 23.1 Å². The summed E-state index contributed by atoms with van der Waals surface area (Å²) < 4.78 is 26.4. The number of rotatable bonds is 6. The second kappa shape index (κ2) is 8.27. The molecular formula is C23H22F2N2OS2. The lowest BCUT2D eigenvalue weighted by Gasteiger charge is -2.25. The Morgan fingerprint density at radius 2 is 1.93 bits per heavy atom. The molecule has 3 atom stereocenters. The van der Waals surface area contributed by atoms with Gasteiger partial charge in [0, 0.05) is 11.3 Å². The van der Waals surface area contributed by atoms with Crippen molar-refractivity contribution in [3.63, 3.8) is 0 Å². The number of para-hydroxylation sites is 1. The Morgan fingerprint density at radius 3 is 2.60 bits per heavy atom. The van der Waals surface area contributed by atoms with Crippen LogP contribution in [0.15, 0.2) is 53.4 Å². The molecule has 30 heavy (non-hydrogen) atoms. The molecule has 2 aliphatic carbocycles. The van der Waals surface area contributed by atoms with Crippen molar-refractivity contribution < 1.29 is 13.6 Å². The van der Waals surface area contributed by atoms with Crippen molar-refractivity contribution in [2.24, 2.45) is 17.8 Å². The highest BCUT2D eigenvalue weighted by molar-refractivity contribution is 7.99. The largest absolute Gasteiger partial charge is 0.288 e. The number of anilines is 2. The molecule has 0 N–H and O–H groups in total. The van der Waals surface area contributed by atoms with E-state index in [2.05, 4.69) is 0 Å². The lowest BCUT2D eigenvalue weighted by atomic mass is 9.86. The van der Waals surface area contributed by atoms with Gasteiger partial charge in [-0.2, -0.15) is 8.78 Å². The maximum absolute atomic E-state index is 13.5. The van der Waals surface area contributed by atoms with Crippen LogP contribution in [0.1, 0.15) is 32.1 Å². The van der Waals surface area contributed by atoms with Gasteiger partial charge in [-0.05, 0) is 73.4 Å². The fourth-order valence-corrected chi connectivity index (χ4v) is 6.54. The molecule has 0 spiro atoms. The van der Waals surface area contributed by atoms with Gasteiger partial charge in [0.15, 0.2) is 5.13 Å². The molecule has 2 fully saturated rings. The summed E-state index contributed by atoms with van der Waals surface area (Å²) >= 11 is 2.00. The maximum atomic E-state index is 13.5. The minimum atomic E-state index is -2.46. The lowest BCUT2D eigenvalue weighted by molar-refractivity contribution is -0.119. The van der Waals surface area contributed by atoms with Gasteiger partial charge in [-0.1, -0.05) is 41.7 Å². The van der Waals surface area contributed by atoms with Gasteiger partial charge >= 0.3 is 0 Å². The van der Waals surface area contributed by atoms with E-state index in [9.17, 15) is 13.6 Å². The molecule has 2 aliphatic rings. The van der Waals surface area contributed by atoms with Crippen molar-refractivity contribution in [3.8, 4) is 0 Å². The Morgan fingerprint density at radius 1 is 1.13 bits per heavy atom. The van der Waals surface area contributed by atoms with Gasteiger partial charge in [0.25, 0.3) is 5.76 Å². The summed E-state index contributed by atoms with van der Waals surface area (Å²) in [6.07, 6.45) is 5.47. The fourth-order valence-electron chi connectivity index (χ4n) is 5.04. The van der Waals surface area contributed by atoms with E-state index in [0.29, 0.717) is 45.7 Å². The molecule has 1 amide bonds. The summed E-state index contributed by atoms with van der Waals surface area (Å²) in [4.78, 5) is 20.4. The predicted molar refractivity (Wildman–Crippen MR) is 119 cm³/mol. The van der Waals surface area contributed by atoms with Gasteiger partial charge in [0.05, 0.1) is 15.9 Å². The standard InChI is InChI=1S/C23H22F2N2OS2/c24-22(25)29-18-9-7-17(8-10-18)27(23-26-19-3-1-2-4-20(19)30-23)21(28)13-16-12-14-5-6-15(16)11-14/h1-4,7-10,14-16,22H,5-6,11-13H2/t14-,15+,16-/m0/s1. The monoisotopic (exact) mass is 444 g/mol. The number of thiazole rings is 1. The number of thioether (sulfide) groups is 1. The lowest BCUT2D eigenvalue weighted by Crippen LogP contribution is -2.29. The minimum Gasteiger partial charge on any atom is -0.274 e. The molecule has 156 valence electrons. The number of nitrogens with zero attached hydrogens (tertiary/aromatic N) is 2. The van der Waals surface area contributed by atoms with E-state index in [1.807, 2.05) is 24.3 Å². The Bertz CT molecular complexity index is 1020. The first-order chi connectivity index (χ1) is 14.6. The molecule has 0 aliphatic heterocycles. The molecule has 2 saturated carbocycles. The van der Waals surface area contributed by atoms with Crippen LogP contribution in [-0.4, -0.2) is 16.6 Å². The number of carbonyl (C=O) groups excluding carboxylic acids is 1. The molecule has 3 aromatic rings. The second-order valence-corrected chi connectivity index (χ2v) is 10.3. The van der Waals surface area contributed by atoms with Crippen LogP contribution in [-0.2, 0) is 4.79 Å². The van der Waals surface area contributed by atoms with Crippen molar-refractivity contribution in [1.29, 1.82) is 0 Å². The third-order valence-corrected chi connectivity index (χ3v) is 8.11. The zero-order chi connectivity index (χ0) is 20.7. The third kappa shape index (κ3) is 3.97. The Kier molecular flexibility index (Phi) is 5.50. The molecule has 3 nitrogen and oxygen atoms in total. The molecule has 5 rings (SSSR count). The van der Waals surface area contributed by atoms with Crippen molar-refractivity contribution in [2.75, 3.05) is 4.90 Å². The number of benzene rings is 2. The van der Waals surface area contributed by atoms with Gasteiger partial charge in [-0.15, -0.1) is 0 Å². The average molecular weight is 445 g/mol. The van der Waals surface area contributed by atoms with Crippen molar-refractivity contribution in [2.45, 2.75) is 42.8 Å². The highest BCUT2D eigenvalue weighted by Crippen LogP contribution is 2.50. The van der Waals surface area contributed by atoms with Crippen molar-refractivity contribution in [3.05, 3.63) is 48.5 Å². The molecule has 2 bridgehead atoms. The highest BCUT2D eigenvalue weighted by Gasteiger charge is 2.41. The van der Waals surface area contributed by atoms with Gasteiger partial charge in [0.2, 0.25) is 5.91 Å². The van der Waals surface area contributed by atoms with Crippen LogP contribution in [0.5, 0.6) is 0 Å². The quantitative estimate of drug-likeness (QED) is 0.380. The van der Waals surface area contributed by atoms with Crippen LogP contribution in [0, 0.1) is 17.8 Å². The van der Waals surface area contributed by atoms with Crippen molar-refractivity contribution in [1.82, 2.24) is 4.98 Å². The third-order valence-electron chi connectivity index (χ3n) is 6.36. The van der Waals surface area contributed by atoms with Crippen LogP contribution in [0.25, 0.3) is 10.2 Å². The van der Waals surface area contributed by atoms with E-state index in [1.54, 1.807) is 29.2 Å². The molecule has 0 unspecified atom stereocenters. The van der Waals surface area contributed by atoms with Gasteiger partial charge in [0.1, 0.15) is 0 Å². The summed E-state index contributed by atoms with van der Waals surface area (Å²) in [5.41, 5.74) is 1.54. The first-order valence-corrected chi connectivity index (χ1v) is 12.0. The zero-order valence-corrected chi connectivity index (χ0v) is 18.0. The number of halogens is 2.